The van der Waals surface area contributed by atoms with Crippen molar-refractivity contribution in [3.05, 3.63) is 72.6 Å². The van der Waals surface area contributed by atoms with Crippen LogP contribution in [0.25, 0.3) is 5.82 Å². The highest BCUT2D eigenvalue weighted by atomic mass is 19.1. The van der Waals surface area contributed by atoms with E-state index in [1.807, 2.05) is 30.3 Å². The van der Waals surface area contributed by atoms with Gasteiger partial charge in [-0.3, -0.25) is 0 Å². The van der Waals surface area contributed by atoms with Crippen LogP contribution in [0.5, 0.6) is 0 Å². The average Bonchev–Trinajstić information content (AvgIpc) is 3.14. The topological polar surface area (TPSA) is 92.6 Å². The van der Waals surface area contributed by atoms with Gasteiger partial charge in [0.15, 0.2) is 5.82 Å². The summed E-state index contributed by atoms with van der Waals surface area (Å²) in [6.07, 6.45) is 1.40. The Balaban J connectivity index is 1.62. The number of nitrogens with zero attached hydrogens (tertiary/aromatic N) is 5. The zero-order chi connectivity index (χ0) is 20.2. The third kappa shape index (κ3) is 4.10. The van der Waals surface area contributed by atoms with Crippen LogP contribution in [0.3, 0.4) is 0 Å². The van der Waals surface area contributed by atoms with Crippen molar-refractivity contribution in [1.29, 1.82) is 0 Å². The smallest absolute Gasteiger partial charge is 0.248 e. The van der Waals surface area contributed by atoms with E-state index in [0.29, 0.717) is 17.6 Å². The van der Waals surface area contributed by atoms with Gasteiger partial charge >= 0.3 is 0 Å². The molecule has 0 saturated heterocycles. The van der Waals surface area contributed by atoms with Crippen molar-refractivity contribution in [1.82, 2.24) is 24.7 Å². The van der Waals surface area contributed by atoms with Crippen LogP contribution in [0, 0.1) is 11.6 Å². The maximum absolute atomic E-state index is 13.9. The summed E-state index contributed by atoms with van der Waals surface area (Å²) in [6.45, 7) is 0. The van der Waals surface area contributed by atoms with E-state index in [1.165, 1.54) is 17.1 Å². The van der Waals surface area contributed by atoms with E-state index in [2.05, 4.69) is 36.0 Å². The van der Waals surface area contributed by atoms with Gasteiger partial charge in [0.1, 0.15) is 23.8 Å². The predicted octanol–water partition coefficient (Wildman–Crippen LogP) is 3.86. The summed E-state index contributed by atoms with van der Waals surface area (Å²) in [5, 5.41) is 13.1. The molecule has 2 aromatic carbocycles. The van der Waals surface area contributed by atoms with Gasteiger partial charge in [-0.1, -0.05) is 18.2 Å². The van der Waals surface area contributed by atoms with Crippen LogP contribution in [0.1, 0.15) is 0 Å². The standard InChI is InChI=1S/C19H16F2N8/c1-22-19-27-18(26-15-8-7-12(20)9-14(15)21)28-29(19)17-10-16(23-11-24-17)25-13-5-3-2-4-6-13/h2-11H,1H3,(H,23,24,25)(H2,22,26,27,28). The second-order valence-corrected chi connectivity index (χ2v) is 5.92. The van der Waals surface area contributed by atoms with Gasteiger partial charge in [-0.25, -0.2) is 18.7 Å². The summed E-state index contributed by atoms with van der Waals surface area (Å²) in [5.74, 6) is 0.0989. The predicted molar refractivity (Wildman–Crippen MR) is 106 cm³/mol. The summed E-state index contributed by atoms with van der Waals surface area (Å²) >= 11 is 0. The number of hydrogen-bond donors (Lipinski definition) is 3. The molecule has 0 radical (unpaired) electrons. The maximum atomic E-state index is 13.9. The maximum Gasteiger partial charge on any atom is 0.248 e. The number of nitrogens with one attached hydrogen (secondary N) is 3. The van der Waals surface area contributed by atoms with Gasteiger partial charge in [0.25, 0.3) is 0 Å². The van der Waals surface area contributed by atoms with Gasteiger partial charge in [-0.15, -0.1) is 5.10 Å². The number of rotatable bonds is 6. The fourth-order valence-corrected chi connectivity index (χ4v) is 2.60. The lowest BCUT2D eigenvalue weighted by Gasteiger charge is -2.07. The van der Waals surface area contributed by atoms with E-state index in [0.717, 1.165) is 17.8 Å². The number of para-hydroxylation sites is 1. The van der Waals surface area contributed by atoms with Crippen molar-refractivity contribution >= 4 is 29.1 Å². The second kappa shape index (κ2) is 7.89. The second-order valence-electron chi connectivity index (χ2n) is 5.92. The fraction of sp³-hybridized carbons (Fsp3) is 0.0526. The molecule has 0 aliphatic rings. The van der Waals surface area contributed by atoms with E-state index < -0.39 is 11.6 Å². The molecule has 0 unspecified atom stereocenters. The first-order valence-corrected chi connectivity index (χ1v) is 8.64. The highest BCUT2D eigenvalue weighted by Gasteiger charge is 2.14. The van der Waals surface area contributed by atoms with Gasteiger partial charge in [0, 0.05) is 24.9 Å². The largest absolute Gasteiger partial charge is 0.357 e. The van der Waals surface area contributed by atoms with Gasteiger partial charge in [0.05, 0.1) is 5.69 Å². The van der Waals surface area contributed by atoms with Crippen molar-refractivity contribution < 1.29 is 8.78 Å². The number of anilines is 5. The van der Waals surface area contributed by atoms with Crippen molar-refractivity contribution in [3.8, 4) is 5.82 Å². The molecule has 2 aromatic heterocycles. The Kier molecular flexibility index (Phi) is 4.97. The fourth-order valence-electron chi connectivity index (χ4n) is 2.60. The molecule has 0 spiro atoms. The van der Waals surface area contributed by atoms with Crippen LogP contribution in [-0.2, 0) is 0 Å². The Morgan fingerprint density at radius 1 is 0.931 bits per heavy atom. The molecule has 4 aromatic rings. The van der Waals surface area contributed by atoms with E-state index in [4.69, 9.17) is 0 Å². The first-order chi connectivity index (χ1) is 14.1. The van der Waals surface area contributed by atoms with Crippen LogP contribution in [0.2, 0.25) is 0 Å². The molecule has 3 N–H and O–H groups in total. The number of halogens is 2. The lowest BCUT2D eigenvalue weighted by Crippen LogP contribution is -2.06. The molecule has 8 nitrogen and oxygen atoms in total. The Morgan fingerprint density at radius 3 is 2.52 bits per heavy atom. The normalized spacial score (nSPS) is 10.6. The SMILES string of the molecule is CNc1nc(Nc2ccc(F)cc2F)nn1-c1cc(Nc2ccccc2)ncn1. The van der Waals surface area contributed by atoms with E-state index in [1.54, 1.807) is 13.1 Å². The summed E-state index contributed by atoms with van der Waals surface area (Å²) in [6, 6.07) is 14.5. The molecule has 146 valence electrons. The highest BCUT2D eigenvalue weighted by Crippen LogP contribution is 2.22. The molecule has 29 heavy (non-hydrogen) atoms. The summed E-state index contributed by atoms with van der Waals surface area (Å²) in [5.41, 5.74) is 0.930. The van der Waals surface area contributed by atoms with Crippen LogP contribution < -0.4 is 16.0 Å². The van der Waals surface area contributed by atoms with E-state index >= 15 is 0 Å². The monoisotopic (exact) mass is 394 g/mol. The first kappa shape index (κ1) is 18.3. The molecule has 0 atom stereocenters. The van der Waals surface area contributed by atoms with Gasteiger partial charge in [0.2, 0.25) is 11.9 Å². The zero-order valence-corrected chi connectivity index (χ0v) is 15.3. The van der Waals surface area contributed by atoms with Crippen molar-refractivity contribution in [2.45, 2.75) is 0 Å². The number of benzene rings is 2. The van der Waals surface area contributed by atoms with Crippen molar-refractivity contribution in [3.63, 3.8) is 0 Å². The van der Waals surface area contributed by atoms with Crippen molar-refractivity contribution in [2.24, 2.45) is 0 Å². The third-order valence-corrected chi connectivity index (χ3v) is 3.92. The van der Waals surface area contributed by atoms with Gasteiger partial charge in [-0.2, -0.15) is 9.67 Å². The molecule has 0 saturated carbocycles. The Labute approximate surface area is 164 Å². The van der Waals surface area contributed by atoms with Crippen molar-refractivity contribution in [2.75, 3.05) is 23.0 Å². The molecule has 0 aliphatic heterocycles. The quantitative estimate of drug-likeness (QED) is 0.457. The highest BCUT2D eigenvalue weighted by molar-refractivity contribution is 5.58. The first-order valence-electron chi connectivity index (χ1n) is 8.64. The molecule has 0 bridgehead atoms. The molecule has 0 fully saturated rings. The van der Waals surface area contributed by atoms with Crippen LogP contribution in [0.15, 0.2) is 60.9 Å². The van der Waals surface area contributed by atoms with Crippen LogP contribution >= 0.6 is 0 Å². The summed E-state index contributed by atoms with van der Waals surface area (Å²) in [7, 11) is 1.67. The van der Waals surface area contributed by atoms with Crippen LogP contribution in [0.4, 0.5) is 37.9 Å². The average molecular weight is 394 g/mol. The van der Waals surface area contributed by atoms with Gasteiger partial charge < -0.3 is 16.0 Å². The number of hydrogen-bond acceptors (Lipinski definition) is 7. The summed E-state index contributed by atoms with van der Waals surface area (Å²) in [4.78, 5) is 12.7. The Bertz CT molecular complexity index is 1130. The van der Waals surface area contributed by atoms with E-state index in [9.17, 15) is 8.78 Å². The third-order valence-electron chi connectivity index (χ3n) is 3.92. The van der Waals surface area contributed by atoms with Crippen LogP contribution in [-0.4, -0.2) is 31.8 Å². The van der Waals surface area contributed by atoms with Gasteiger partial charge in [-0.05, 0) is 24.3 Å². The lowest BCUT2D eigenvalue weighted by molar-refractivity contribution is 0.586. The Morgan fingerprint density at radius 2 is 1.76 bits per heavy atom. The minimum absolute atomic E-state index is 0.0559. The molecular formula is C19H16F2N8. The molecular weight excluding hydrogens is 378 g/mol. The molecule has 0 amide bonds. The summed E-state index contributed by atoms with van der Waals surface area (Å²) < 4.78 is 28.4. The molecule has 10 heteroatoms. The zero-order valence-electron chi connectivity index (χ0n) is 15.3. The molecule has 2 heterocycles. The molecule has 0 aliphatic carbocycles. The van der Waals surface area contributed by atoms with E-state index in [-0.39, 0.29) is 11.6 Å². The molecule has 4 rings (SSSR count). The Hall–Kier alpha value is -4.08. The number of aromatic nitrogens is 5. The minimum Gasteiger partial charge on any atom is -0.357 e. The lowest BCUT2D eigenvalue weighted by atomic mass is 10.3. The minimum atomic E-state index is -0.747.